The number of carboxylic acids is 6. The molecule has 0 aromatic heterocycles. The summed E-state index contributed by atoms with van der Waals surface area (Å²) < 4.78 is 0. The third-order valence-electron chi connectivity index (χ3n) is 18.3. The summed E-state index contributed by atoms with van der Waals surface area (Å²) in [5.41, 5.74) is 17.9. The van der Waals surface area contributed by atoms with Crippen molar-refractivity contribution >= 4 is 70.5 Å². The van der Waals surface area contributed by atoms with E-state index in [2.05, 4.69) is 100 Å². The van der Waals surface area contributed by atoms with Gasteiger partial charge in [0.15, 0.2) is 34.7 Å². The predicted molar refractivity (Wildman–Crippen MR) is 436 cm³/mol. The van der Waals surface area contributed by atoms with E-state index >= 15 is 0 Å². The van der Waals surface area contributed by atoms with Gasteiger partial charge in [-0.05, 0) is 155 Å². The minimum atomic E-state index is -1.16. The van der Waals surface area contributed by atoms with Crippen LogP contribution in [-0.2, 0) is 109 Å². The van der Waals surface area contributed by atoms with Crippen molar-refractivity contribution in [3.05, 3.63) is 391 Å². The van der Waals surface area contributed by atoms with Gasteiger partial charge in [0.1, 0.15) is 0 Å². The van der Waals surface area contributed by atoms with Crippen molar-refractivity contribution in [2.45, 2.75) is 116 Å². The third-order valence-corrected chi connectivity index (χ3v) is 18.3. The van der Waals surface area contributed by atoms with E-state index in [1.807, 2.05) is 146 Å². The molecule has 114 heavy (non-hydrogen) atoms. The molecule has 0 spiro atoms. The average molecular weight is 1530 g/mol. The average Bonchev–Trinajstić information content (AvgIpc) is 0.815. The number of carbonyl (C=O) groups is 12. The number of carboxylic acid groups (broad SMARTS) is 6. The van der Waals surface area contributed by atoms with E-state index in [1.54, 1.807) is 0 Å². The van der Waals surface area contributed by atoms with Crippen LogP contribution in [0.25, 0.3) is 0 Å². The zero-order chi connectivity index (χ0) is 82.6. The predicted octanol–water partition coefficient (Wildman–Crippen LogP) is 16.1. The lowest BCUT2D eigenvalue weighted by Gasteiger charge is -2.20. The van der Waals surface area contributed by atoms with Gasteiger partial charge in [-0.1, -0.05) is 259 Å². The van der Waals surface area contributed by atoms with Crippen molar-refractivity contribution in [3.8, 4) is 0 Å². The van der Waals surface area contributed by atoms with Gasteiger partial charge in [-0.3, -0.25) is 28.8 Å². The molecule has 0 aliphatic heterocycles. The number of benzene rings is 9. The van der Waals surface area contributed by atoms with Crippen molar-refractivity contribution in [1.82, 2.24) is 0 Å². The highest BCUT2D eigenvalue weighted by Gasteiger charge is 2.22. The first-order valence-corrected chi connectivity index (χ1v) is 37.1. The Bertz CT molecular complexity index is 4560. The van der Waals surface area contributed by atoms with Crippen molar-refractivity contribution in [2.24, 2.45) is 0 Å². The van der Waals surface area contributed by atoms with Crippen LogP contribution in [0.15, 0.2) is 291 Å². The highest BCUT2D eigenvalue weighted by molar-refractivity contribution is 6.00. The Hall–Kier alpha value is -13.7. The summed E-state index contributed by atoms with van der Waals surface area (Å²) in [6.45, 7) is 8.57. The normalized spacial score (nSPS) is 11.4. The Morgan fingerprint density at radius 2 is 0.342 bits per heavy atom. The zero-order valence-electron chi connectivity index (χ0n) is 63.7. The number of allylic oxidation sites excluding steroid dienone is 6. The number of rotatable bonds is 38. The van der Waals surface area contributed by atoms with Crippen LogP contribution in [0.5, 0.6) is 0 Å². The van der Waals surface area contributed by atoms with Crippen LogP contribution in [0.3, 0.4) is 0 Å². The number of ketones is 6. The Labute approximate surface area is 662 Å². The van der Waals surface area contributed by atoms with Crippen LogP contribution in [0.1, 0.15) is 164 Å². The fourth-order valence-electron chi connectivity index (χ4n) is 12.6. The van der Waals surface area contributed by atoms with E-state index in [4.69, 9.17) is 30.6 Å². The number of hydrogen-bond acceptors (Lipinski definition) is 12. The second kappa shape index (κ2) is 44.8. The molecule has 0 fully saturated rings. The largest absolute Gasteiger partial charge is 0.478 e. The van der Waals surface area contributed by atoms with Gasteiger partial charge in [0.2, 0.25) is 0 Å². The topological polar surface area (TPSA) is 326 Å². The molecule has 0 aliphatic carbocycles. The Balaban J connectivity index is 0.000000237. The van der Waals surface area contributed by atoms with Gasteiger partial charge in [0.05, 0.1) is 0 Å². The first-order chi connectivity index (χ1) is 54.6. The monoisotopic (exact) mass is 1530 g/mol. The van der Waals surface area contributed by atoms with Crippen LogP contribution in [0, 0.1) is 0 Å². The first kappa shape index (κ1) is 87.5. The fraction of sp³-hybridized carbons (Fsp3) is 0.188. The molecule has 18 heteroatoms. The smallest absolute Gasteiger partial charge is 0.328 e. The standard InChI is InChI=1S/3C32H30O6/c1-21(2)24-11-13-27(14-12-24)32(25-7-3-22(4-8-25)19-28(33)15-17-30(35)36)26-9-5-23(6-10-26)20-29(34)16-18-31(37)38;2*1-2-3-22-4-10-25(11-5-22)32(26-12-6-23(7-13-26)20-28(33)16-18-30(35)36)27-14-8-24(9-15-27)21-29(34)17-19-31(37)38/h3-18,21,32H,19-20H2,1-2H3,(H,35,36)(H,37,38);2*4-19,32H,2-3,20-21H2,1H3,(H,35,36)(H,37,38)/b17-15+,18-16+;2*18-16+,19-17+. The first-order valence-electron chi connectivity index (χ1n) is 37.1. The highest BCUT2D eigenvalue weighted by atomic mass is 16.4. The third kappa shape index (κ3) is 29.9. The van der Waals surface area contributed by atoms with Crippen LogP contribution in [-0.4, -0.2) is 101 Å². The molecular formula is C96H90O18. The lowest BCUT2D eigenvalue weighted by molar-refractivity contribution is -0.132. The second-order valence-electron chi connectivity index (χ2n) is 27.4. The highest BCUT2D eigenvalue weighted by Crippen LogP contribution is 2.37. The van der Waals surface area contributed by atoms with Crippen molar-refractivity contribution < 1.29 is 88.2 Å². The molecule has 9 rings (SSSR count). The van der Waals surface area contributed by atoms with Gasteiger partial charge in [-0.2, -0.15) is 0 Å². The summed E-state index contributed by atoms with van der Waals surface area (Å²) in [6, 6.07) is 71.7. The summed E-state index contributed by atoms with van der Waals surface area (Å²) >= 11 is 0. The van der Waals surface area contributed by atoms with E-state index < -0.39 is 35.8 Å². The molecule has 582 valence electrons. The number of aryl methyl sites for hydroxylation is 2. The maximum absolute atomic E-state index is 12.0. The molecule has 0 radical (unpaired) electrons. The van der Waals surface area contributed by atoms with Crippen molar-refractivity contribution in [1.29, 1.82) is 0 Å². The molecule has 9 aromatic rings. The molecule has 0 aliphatic rings. The lowest BCUT2D eigenvalue weighted by atomic mass is 9.83. The fourth-order valence-corrected chi connectivity index (χ4v) is 12.6. The summed E-state index contributed by atoms with van der Waals surface area (Å²) in [6.07, 6.45) is 16.3. The molecule has 0 amide bonds. The molecular weight excluding hydrogens is 1440 g/mol. The second-order valence-corrected chi connectivity index (χ2v) is 27.4. The van der Waals surface area contributed by atoms with Crippen LogP contribution >= 0.6 is 0 Å². The Morgan fingerprint density at radius 3 is 0.474 bits per heavy atom. The Morgan fingerprint density at radius 1 is 0.211 bits per heavy atom. The SMILES string of the molecule is CC(C)c1ccc(C(c2ccc(CC(=O)/C=C/C(=O)O)cc2)c2ccc(CC(=O)/C=C/C(=O)O)cc2)cc1.CCCc1ccc(C(c2ccc(CC(=O)/C=C/C(=O)O)cc2)c2ccc(CC(=O)/C=C/C(=O)O)cc2)cc1.CCCc1ccc(C(c2ccc(CC(=O)/C=C/C(=O)O)cc2)c2ccc(CC(=O)/C=C/C(=O)O)cc2)cc1. The van der Waals surface area contributed by atoms with E-state index in [0.29, 0.717) is 5.92 Å². The minimum absolute atomic E-state index is 0.0843. The molecule has 6 N–H and O–H groups in total. The maximum Gasteiger partial charge on any atom is 0.328 e. The molecule has 9 aromatic carbocycles. The molecule has 0 heterocycles. The molecule has 0 bridgehead atoms. The van der Waals surface area contributed by atoms with Gasteiger partial charge in [-0.25, -0.2) is 28.8 Å². The van der Waals surface area contributed by atoms with Crippen LogP contribution < -0.4 is 0 Å². The minimum Gasteiger partial charge on any atom is -0.478 e. The lowest BCUT2D eigenvalue weighted by Crippen LogP contribution is -2.06. The van der Waals surface area contributed by atoms with E-state index in [0.717, 1.165) is 182 Å². The van der Waals surface area contributed by atoms with E-state index in [-0.39, 0.29) is 91.0 Å². The summed E-state index contributed by atoms with van der Waals surface area (Å²) in [4.78, 5) is 136. The van der Waals surface area contributed by atoms with Gasteiger partial charge in [0, 0.05) is 92.7 Å². The van der Waals surface area contributed by atoms with Crippen LogP contribution in [0.2, 0.25) is 0 Å². The number of aliphatic carboxylic acids is 6. The van der Waals surface area contributed by atoms with Gasteiger partial charge in [0.25, 0.3) is 0 Å². The van der Waals surface area contributed by atoms with Crippen LogP contribution in [0.4, 0.5) is 0 Å². The molecule has 0 atom stereocenters. The van der Waals surface area contributed by atoms with Gasteiger partial charge in [-0.15, -0.1) is 0 Å². The molecule has 18 nitrogen and oxygen atoms in total. The van der Waals surface area contributed by atoms with Crippen molar-refractivity contribution in [2.75, 3.05) is 0 Å². The van der Waals surface area contributed by atoms with E-state index in [9.17, 15) is 57.5 Å². The summed E-state index contributed by atoms with van der Waals surface area (Å²) in [5, 5.41) is 52.3. The van der Waals surface area contributed by atoms with Crippen molar-refractivity contribution in [3.63, 3.8) is 0 Å². The Kier molecular flexibility index (Phi) is 34.4. The molecule has 0 saturated carbocycles. The van der Waals surface area contributed by atoms with E-state index in [1.165, 1.54) is 16.7 Å². The summed E-state index contributed by atoms with van der Waals surface area (Å²) in [7, 11) is 0. The van der Waals surface area contributed by atoms with Gasteiger partial charge < -0.3 is 30.6 Å². The molecule has 0 unspecified atom stereocenters. The molecule has 0 saturated heterocycles. The zero-order valence-corrected chi connectivity index (χ0v) is 63.7. The summed E-state index contributed by atoms with van der Waals surface area (Å²) in [5.74, 6) is -8.53. The maximum atomic E-state index is 12.0. The van der Waals surface area contributed by atoms with Gasteiger partial charge >= 0.3 is 35.8 Å². The number of hydrogen-bond donors (Lipinski definition) is 6. The number of carbonyl (C=O) groups excluding carboxylic acids is 6. The quantitative estimate of drug-likeness (QED) is 0.0155.